The van der Waals surface area contributed by atoms with E-state index in [1.54, 1.807) is 4.90 Å². The van der Waals surface area contributed by atoms with Gasteiger partial charge in [-0.3, -0.25) is 4.79 Å². The van der Waals surface area contributed by atoms with Crippen molar-refractivity contribution in [2.45, 2.75) is 40.2 Å². The first-order valence-electron chi connectivity index (χ1n) is 9.97. The highest BCUT2D eigenvalue weighted by Gasteiger charge is 2.33. The summed E-state index contributed by atoms with van der Waals surface area (Å²) < 4.78 is 25.6. The zero-order valence-electron chi connectivity index (χ0n) is 17.7. The van der Waals surface area contributed by atoms with Crippen molar-refractivity contribution in [3.63, 3.8) is 0 Å². The number of amides is 1. The van der Waals surface area contributed by atoms with Crippen LogP contribution >= 0.6 is 0 Å². The van der Waals surface area contributed by atoms with E-state index in [0.717, 1.165) is 12.0 Å². The zero-order chi connectivity index (χ0) is 20.9. The molecule has 0 spiro atoms. The molecule has 1 aliphatic rings. The number of nitrogens with zero attached hydrogens (tertiary/aromatic N) is 1. The number of hydrogen-bond acceptors (Lipinski definition) is 3. The molecule has 0 radical (unpaired) electrons. The van der Waals surface area contributed by atoms with Gasteiger partial charge < -0.3 is 4.90 Å². The first-order valence-corrected chi connectivity index (χ1v) is 11.9. The van der Waals surface area contributed by atoms with Crippen molar-refractivity contribution in [2.24, 2.45) is 23.7 Å². The third kappa shape index (κ3) is 6.74. The van der Waals surface area contributed by atoms with Gasteiger partial charge in [0.1, 0.15) is 0 Å². The Hall–Kier alpha value is -1.66. The van der Waals surface area contributed by atoms with Crippen LogP contribution < -0.4 is 4.72 Å². The Kier molecular flexibility index (Phi) is 7.84. The van der Waals surface area contributed by atoms with Crippen molar-refractivity contribution in [3.05, 3.63) is 47.5 Å². The second-order valence-corrected chi connectivity index (χ2v) is 10.3. The Labute approximate surface area is 170 Å². The van der Waals surface area contributed by atoms with Gasteiger partial charge in [-0.15, -0.1) is 0 Å². The first-order chi connectivity index (χ1) is 13.1. The van der Waals surface area contributed by atoms with Gasteiger partial charge in [0.05, 0.1) is 6.26 Å². The number of benzene rings is 1. The maximum absolute atomic E-state index is 12.8. The normalized spacial score (nSPS) is 22.8. The van der Waals surface area contributed by atoms with Gasteiger partial charge in [0.25, 0.3) is 0 Å². The van der Waals surface area contributed by atoms with Crippen molar-refractivity contribution in [1.29, 1.82) is 0 Å². The molecule has 0 saturated carbocycles. The van der Waals surface area contributed by atoms with Crippen LogP contribution in [-0.2, 0) is 21.4 Å². The fraction of sp³-hybridized carbons (Fsp3) is 0.591. The molecule has 3 atom stereocenters. The minimum absolute atomic E-state index is 0.150. The molecule has 156 valence electrons. The number of rotatable bonds is 8. The van der Waals surface area contributed by atoms with Crippen molar-refractivity contribution in [2.75, 3.05) is 19.8 Å². The van der Waals surface area contributed by atoms with E-state index in [9.17, 15) is 13.2 Å². The highest BCUT2D eigenvalue weighted by molar-refractivity contribution is 7.88. The number of nitrogens with one attached hydrogen (secondary N) is 1. The molecule has 0 heterocycles. The summed E-state index contributed by atoms with van der Waals surface area (Å²) in [6, 6.07) is 10.0. The predicted molar refractivity (Wildman–Crippen MR) is 114 cm³/mol. The van der Waals surface area contributed by atoms with E-state index < -0.39 is 10.0 Å². The summed E-state index contributed by atoms with van der Waals surface area (Å²) in [6.07, 6.45) is 4.80. The maximum Gasteiger partial charge on any atom is 0.223 e. The lowest BCUT2D eigenvalue weighted by Crippen LogP contribution is -2.37. The van der Waals surface area contributed by atoms with E-state index in [1.807, 2.05) is 37.4 Å². The summed E-state index contributed by atoms with van der Waals surface area (Å²) in [4.78, 5) is 14.6. The second kappa shape index (κ2) is 9.70. The molecule has 2 rings (SSSR count). The molecule has 5 nitrogen and oxygen atoms in total. The summed E-state index contributed by atoms with van der Waals surface area (Å²) in [5.74, 6) is 1.32. The maximum atomic E-state index is 12.8. The molecule has 1 aromatic carbocycles. The Morgan fingerprint density at radius 3 is 2.46 bits per heavy atom. The lowest BCUT2D eigenvalue weighted by molar-refractivity contribution is -0.131. The monoisotopic (exact) mass is 406 g/mol. The molecule has 6 heteroatoms. The van der Waals surface area contributed by atoms with Crippen molar-refractivity contribution >= 4 is 15.9 Å². The van der Waals surface area contributed by atoms with E-state index in [0.29, 0.717) is 31.3 Å². The highest BCUT2D eigenvalue weighted by Crippen LogP contribution is 2.39. The van der Waals surface area contributed by atoms with Gasteiger partial charge in [-0.2, -0.15) is 0 Å². The minimum Gasteiger partial charge on any atom is -0.341 e. The van der Waals surface area contributed by atoms with Gasteiger partial charge >= 0.3 is 0 Å². The molecule has 0 aliphatic heterocycles. The number of sulfonamides is 1. The summed E-state index contributed by atoms with van der Waals surface area (Å²) in [6.45, 7) is 7.45. The van der Waals surface area contributed by atoms with Gasteiger partial charge in [-0.1, -0.05) is 55.8 Å². The fourth-order valence-electron chi connectivity index (χ4n) is 4.07. The van der Waals surface area contributed by atoms with Crippen LogP contribution in [0.4, 0.5) is 0 Å². The van der Waals surface area contributed by atoms with Crippen molar-refractivity contribution < 1.29 is 13.2 Å². The molecule has 1 aliphatic carbocycles. The van der Waals surface area contributed by atoms with E-state index in [4.69, 9.17) is 0 Å². The first kappa shape index (κ1) is 22.6. The average Bonchev–Trinajstić information content (AvgIpc) is 2.61. The number of carbonyl (C=O) groups is 1. The van der Waals surface area contributed by atoms with Crippen LogP contribution in [0.3, 0.4) is 0 Å². The molecule has 3 unspecified atom stereocenters. The van der Waals surface area contributed by atoms with E-state index in [1.165, 1.54) is 11.8 Å². The van der Waals surface area contributed by atoms with E-state index >= 15 is 0 Å². The van der Waals surface area contributed by atoms with E-state index in [-0.39, 0.29) is 17.7 Å². The van der Waals surface area contributed by atoms with Crippen molar-refractivity contribution in [1.82, 2.24) is 9.62 Å². The fourth-order valence-corrected chi connectivity index (χ4v) is 4.56. The van der Waals surface area contributed by atoms with Gasteiger partial charge in [-0.25, -0.2) is 13.1 Å². The zero-order valence-corrected chi connectivity index (χ0v) is 18.5. The SMILES string of the molecule is CC1=CC(CNS(C)(=O)=O)C(C(C)C)CC1CC(=O)N(C)Cc1ccccc1. The van der Waals surface area contributed by atoms with Crippen LogP contribution in [0, 0.1) is 23.7 Å². The van der Waals surface area contributed by atoms with Crippen LogP contribution in [0.5, 0.6) is 0 Å². The van der Waals surface area contributed by atoms with Gasteiger partial charge in [0.2, 0.25) is 15.9 Å². The quantitative estimate of drug-likeness (QED) is 0.673. The van der Waals surface area contributed by atoms with Gasteiger partial charge in [0.15, 0.2) is 0 Å². The topological polar surface area (TPSA) is 66.5 Å². The highest BCUT2D eigenvalue weighted by atomic mass is 32.2. The molecule has 1 aromatic rings. The molecule has 1 N–H and O–H groups in total. The molecule has 0 aromatic heterocycles. The minimum atomic E-state index is -3.20. The predicted octanol–water partition coefficient (Wildman–Crippen LogP) is 3.44. The standard InChI is InChI=1S/C22H34N2O3S/c1-16(2)21-12-19(17(3)11-20(21)14-23-28(5,26)27)13-22(25)24(4)15-18-9-7-6-8-10-18/h6-11,16,19-21,23H,12-15H2,1-5H3. The Balaban J connectivity index is 2.03. The van der Waals surface area contributed by atoms with Crippen molar-refractivity contribution in [3.8, 4) is 0 Å². The summed E-state index contributed by atoms with van der Waals surface area (Å²) in [5.41, 5.74) is 2.32. The van der Waals surface area contributed by atoms with E-state index in [2.05, 4.69) is 31.6 Å². The Bertz CT molecular complexity index is 787. The molecular formula is C22H34N2O3S. The molecule has 28 heavy (non-hydrogen) atoms. The number of carbonyl (C=O) groups excluding carboxylic acids is 1. The molecule has 1 amide bonds. The molecular weight excluding hydrogens is 372 g/mol. The van der Waals surface area contributed by atoms with Crippen LogP contribution in [-0.4, -0.2) is 39.1 Å². The van der Waals surface area contributed by atoms with Crippen LogP contribution in [0.25, 0.3) is 0 Å². The second-order valence-electron chi connectivity index (χ2n) is 8.48. The number of allylic oxidation sites excluding steroid dienone is 1. The molecule has 0 bridgehead atoms. The number of hydrogen-bond donors (Lipinski definition) is 1. The smallest absolute Gasteiger partial charge is 0.223 e. The summed E-state index contributed by atoms with van der Waals surface area (Å²) in [5, 5.41) is 0. The van der Waals surface area contributed by atoms with Crippen LogP contribution in [0.15, 0.2) is 42.0 Å². The third-order valence-corrected chi connectivity index (χ3v) is 6.47. The molecule has 0 fully saturated rings. The van der Waals surface area contributed by atoms with Crippen LogP contribution in [0.2, 0.25) is 0 Å². The summed E-state index contributed by atoms with van der Waals surface area (Å²) >= 11 is 0. The van der Waals surface area contributed by atoms with Crippen LogP contribution in [0.1, 0.15) is 39.2 Å². The van der Waals surface area contributed by atoms with Gasteiger partial charge in [-0.05, 0) is 42.6 Å². The Morgan fingerprint density at radius 2 is 1.89 bits per heavy atom. The third-order valence-electron chi connectivity index (χ3n) is 5.77. The lowest BCUT2D eigenvalue weighted by atomic mass is 9.70. The lowest BCUT2D eigenvalue weighted by Gasteiger charge is -2.37. The summed E-state index contributed by atoms with van der Waals surface area (Å²) in [7, 11) is -1.35. The largest absolute Gasteiger partial charge is 0.341 e. The Morgan fingerprint density at radius 1 is 1.25 bits per heavy atom. The molecule has 0 saturated heterocycles. The average molecular weight is 407 g/mol. The van der Waals surface area contributed by atoms with Gasteiger partial charge in [0, 0.05) is 26.6 Å².